The maximum Gasteiger partial charge on any atom is 0.416 e. The molecule has 1 amide bonds. The summed E-state index contributed by atoms with van der Waals surface area (Å²) in [6.45, 7) is 1.61. The van der Waals surface area contributed by atoms with Crippen molar-refractivity contribution < 1.29 is 32.6 Å². The van der Waals surface area contributed by atoms with Crippen LogP contribution in [0.4, 0.5) is 13.2 Å². The Kier molecular flexibility index (Phi) is 7.67. The highest BCUT2D eigenvalue weighted by molar-refractivity contribution is 5.82. The number of carbonyl (C=O) groups is 2. The van der Waals surface area contributed by atoms with Gasteiger partial charge in [-0.25, -0.2) is 0 Å². The van der Waals surface area contributed by atoms with Crippen LogP contribution in [0.1, 0.15) is 48.8 Å². The van der Waals surface area contributed by atoms with Gasteiger partial charge in [-0.05, 0) is 66.5 Å². The number of rotatable bonds is 8. The molecule has 4 rings (SSSR count). The molecule has 0 aromatic heterocycles. The smallest absolute Gasteiger partial charge is 0.416 e. The topological polar surface area (TPSA) is 66.8 Å². The first-order chi connectivity index (χ1) is 16.7. The van der Waals surface area contributed by atoms with E-state index in [0.717, 1.165) is 43.6 Å². The van der Waals surface area contributed by atoms with E-state index >= 15 is 0 Å². The molecule has 1 aliphatic heterocycles. The highest BCUT2D eigenvalue weighted by atomic mass is 19.4. The van der Waals surface area contributed by atoms with E-state index in [-0.39, 0.29) is 25.4 Å². The molecule has 35 heavy (non-hydrogen) atoms. The average Bonchev–Trinajstić information content (AvgIpc) is 3.27. The van der Waals surface area contributed by atoms with Gasteiger partial charge in [-0.1, -0.05) is 37.1 Å². The first kappa shape index (κ1) is 25.1. The molecule has 188 valence electrons. The van der Waals surface area contributed by atoms with Crippen molar-refractivity contribution in [2.75, 3.05) is 13.1 Å². The molecule has 8 heteroatoms. The summed E-state index contributed by atoms with van der Waals surface area (Å²) in [7, 11) is 0. The molecular formula is C27H30F3NO4. The number of halogens is 3. The summed E-state index contributed by atoms with van der Waals surface area (Å²) < 4.78 is 43.7. The fourth-order valence-electron chi connectivity index (χ4n) is 5.16. The summed E-state index contributed by atoms with van der Waals surface area (Å²) in [5.74, 6) is -0.224. The molecular weight excluding hydrogens is 459 g/mol. The number of likely N-dealkylation sites (tertiary alicyclic amines) is 1. The second-order valence-electron chi connectivity index (χ2n) is 9.67. The number of amides is 1. The fraction of sp³-hybridized carbons (Fsp3) is 0.481. The van der Waals surface area contributed by atoms with Crippen LogP contribution in [0.3, 0.4) is 0 Å². The molecule has 1 saturated carbocycles. The van der Waals surface area contributed by atoms with Gasteiger partial charge in [0.15, 0.2) is 0 Å². The molecule has 1 unspecified atom stereocenters. The number of carbonyl (C=O) groups excluding carboxylic acids is 1. The van der Waals surface area contributed by atoms with E-state index in [1.165, 1.54) is 25.0 Å². The summed E-state index contributed by atoms with van der Waals surface area (Å²) in [6.07, 6.45) is 0.590. The molecule has 5 nitrogen and oxygen atoms in total. The predicted octanol–water partition coefficient (Wildman–Crippen LogP) is 5.57. The minimum absolute atomic E-state index is 0.0130. The highest BCUT2D eigenvalue weighted by Gasteiger charge is 2.37. The maximum atomic E-state index is 12.8. The first-order valence-electron chi connectivity index (χ1n) is 12.1. The predicted molar refractivity (Wildman–Crippen MR) is 124 cm³/mol. The number of hydrogen-bond acceptors (Lipinski definition) is 3. The number of nitrogens with zero attached hydrogens (tertiary/aromatic N) is 1. The summed E-state index contributed by atoms with van der Waals surface area (Å²) in [5.41, 5.74) is 0.676. The zero-order valence-corrected chi connectivity index (χ0v) is 19.5. The van der Waals surface area contributed by atoms with Gasteiger partial charge in [-0.2, -0.15) is 13.2 Å². The van der Waals surface area contributed by atoms with Crippen molar-refractivity contribution in [1.82, 2.24) is 4.90 Å². The Bertz CT molecular complexity index is 1010. The zero-order chi connectivity index (χ0) is 25.0. The summed E-state index contributed by atoms with van der Waals surface area (Å²) >= 11 is 0. The second-order valence-corrected chi connectivity index (χ2v) is 9.67. The Labute approximate surface area is 202 Å². The van der Waals surface area contributed by atoms with Crippen LogP contribution in [0.25, 0.3) is 0 Å². The molecule has 0 bridgehead atoms. The van der Waals surface area contributed by atoms with Crippen LogP contribution in [0, 0.1) is 17.8 Å². The van der Waals surface area contributed by atoms with Gasteiger partial charge >= 0.3 is 12.1 Å². The summed E-state index contributed by atoms with van der Waals surface area (Å²) in [5, 5.41) is 9.70. The number of aliphatic carboxylic acids is 1. The maximum absolute atomic E-state index is 12.8. The molecule has 3 atom stereocenters. The van der Waals surface area contributed by atoms with Crippen LogP contribution in [-0.4, -0.2) is 35.0 Å². The second kappa shape index (κ2) is 10.7. The van der Waals surface area contributed by atoms with Crippen LogP contribution in [0.2, 0.25) is 0 Å². The number of alkyl halides is 3. The van der Waals surface area contributed by atoms with Crippen molar-refractivity contribution in [3.05, 3.63) is 65.2 Å². The number of ether oxygens (including phenoxy) is 1. The number of fused-ring (bicyclic) bond motifs is 1. The van der Waals surface area contributed by atoms with Gasteiger partial charge in [0.25, 0.3) is 0 Å². The van der Waals surface area contributed by atoms with Gasteiger partial charge in [-0.3, -0.25) is 9.59 Å². The molecule has 2 aliphatic rings. The van der Waals surface area contributed by atoms with Crippen molar-refractivity contribution in [2.45, 2.75) is 51.3 Å². The highest BCUT2D eigenvalue weighted by Crippen LogP contribution is 2.36. The first-order valence-corrected chi connectivity index (χ1v) is 12.1. The van der Waals surface area contributed by atoms with E-state index in [0.29, 0.717) is 23.1 Å². The minimum Gasteiger partial charge on any atom is -0.489 e. The molecule has 0 spiro atoms. The molecule has 2 aromatic rings. The molecule has 1 heterocycles. The number of carboxylic acids is 1. The molecule has 1 aliphatic carbocycles. The largest absolute Gasteiger partial charge is 0.489 e. The summed E-state index contributed by atoms with van der Waals surface area (Å²) in [4.78, 5) is 26.5. The van der Waals surface area contributed by atoms with E-state index in [1.807, 2.05) is 4.90 Å². The van der Waals surface area contributed by atoms with E-state index in [9.17, 15) is 27.9 Å². The Balaban J connectivity index is 1.29. The summed E-state index contributed by atoms with van der Waals surface area (Å²) in [6, 6.07) is 11.7. The van der Waals surface area contributed by atoms with Crippen molar-refractivity contribution in [2.24, 2.45) is 17.8 Å². The molecule has 2 fully saturated rings. The third kappa shape index (κ3) is 6.55. The number of carboxylic acid groups (broad SMARTS) is 1. The lowest BCUT2D eigenvalue weighted by atomic mass is 9.82. The van der Waals surface area contributed by atoms with Gasteiger partial charge in [-0.15, -0.1) is 0 Å². The van der Waals surface area contributed by atoms with Gasteiger partial charge in [0.2, 0.25) is 5.91 Å². The van der Waals surface area contributed by atoms with E-state index in [4.69, 9.17) is 4.74 Å². The van der Waals surface area contributed by atoms with Crippen molar-refractivity contribution >= 4 is 11.9 Å². The zero-order valence-electron chi connectivity index (χ0n) is 19.5. The third-order valence-corrected chi connectivity index (χ3v) is 7.19. The Morgan fingerprint density at radius 3 is 2.06 bits per heavy atom. The average molecular weight is 490 g/mol. The SMILES string of the molecule is O=C(O)C(CC(=O)N1C[C@H]2CCCC[C@H]2C1)Cc1ccc(OCc2ccc(C(F)(F)F)cc2)cc1. The third-order valence-electron chi connectivity index (χ3n) is 7.19. The monoisotopic (exact) mass is 489 g/mol. The van der Waals surface area contributed by atoms with Crippen molar-refractivity contribution in [1.29, 1.82) is 0 Å². The molecule has 1 N–H and O–H groups in total. The van der Waals surface area contributed by atoms with Crippen LogP contribution in [0.15, 0.2) is 48.5 Å². The quantitative estimate of drug-likeness (QED) is 0.527. The van der Waals surface area contributed by atoms with Crippen molar-refractivity contribution in [3.8, 4) is 5.75 Å². The lowest BCUT2D eigenvalue weighted by Gasteiger charge is -2.22. The Morgan fingerprint density at radius 2 is 1.51 bits per heavy atom. The lowest BCUT2D eigenvalue weighted by Crippen LogP contribution is -2.33. The molecule has 2 aromatic carbocycles. The lowest BCUT2D eigenvalue weighted by molar-refractivity contribution is -0.145. The number of hydrogen-bond donors (Lipinski definition) is 1. The van der Waals surface area contributed by atoms with Crippen LogP contribution in [-0.2, 0) is 28.8 Å². The normalized spacial score (nSPS) is 20.8. The molecule has 0 radical (unpaired) electrons. The Hall–Kier alpha value is -3.03. The standard InChI is InChI=1S/C27H30F3NO4/c28-27(29,30)23-9-5-19(6-10-23)17-35-24-11-7-18(8-12-24)13-22(26(33)34)14-25(32)31-15-20-3-1-2-4-21(20)16-31/h5-12,20-22H,1-4,13-17H2,(H,33,34)/t20-,21+,22?. The fourth-order valence-corrected chi connectivity index (χ4v) is 5.16. The van der Waals surface area contributed by atoms with Crippen LogP contribution >= 0.6 is 0 Å². The van der Waals surface area contributed by atoms with E-state index < -0.39 is 23.6 Å². The van der Waals surface area contributed by atoms with Crippen LogP contribution in [0.5, 0.6) is 5.75 Å². The van der Waals surface area contributed by atoms with Crippen LogP contribution < -0.4 is 4.74 Å². The van der Waals surface area contributed by atoms with E-state index in [1.54, 1.807) is 24.3 Å². The van der Waals surface area contributed by atoms with Gasteiger partial charge in [0.05, 0.1) is 11.5 Å². The Morgan fingerprint density at radius 1 is 0.943 bits per heavy atom. The van der Waals surface area contributed by atoms with Gasteiger partial charge in [0.1, 0.15) is 12.4 Å². The van der Waals surface area contributed by atoms with Crippen molar-refractivity contribution in [3.63, 3.8) is 0 Å². The minimum atomic E-state index is -4.37. The number of benzene rings is 2. The molecule has 1 saturated heterocycles. The van der Waals surface area contributed by atoms with E-state index in [2.05, 4.69) is 0 Å². The van der Waals surface area contributed by atoms with Gasteiger partial charge in [0, 0.05) is 19.5 Å². The van der Waals surface area contributed by atoms with Gasteiger partial charge < -0.3 is 14.7 Å².